The van der Waals surface area contributed by atoms with Crippen LogP contribution in [0.1, 0.15) is 17.0 Å². The molecule has 0 radical (unpaired) electrons. The Morgan fingerprint density at radius 1 is 1.21 bits per heavy atom. The van der Waals surface area contributed by atoms with Crippen molar-refractivity contribution in [1.82, 2.24) is 20.6 Å². The highest BCUT2D eigenvalue weighted by atomic mass is 35.5. The van der Waals surface area contributed by atoms with Gasteiger partial charge in [0.25, 0.3) is 11.8 Å². The number of carbonyl (C=O) groups excluding carboxylic acids is 2. The molecule has 0 atom stereocenters. The average molecular weight is 367 g/mol. The fraction of sp³-hybridized carbons (Fsp3) is 0.188. The molecule has 8 heteroatoms. The summed E-state index contributed by atoms with van der Waals surface area (Å²) >= 11 is 11.8. The molecule has 24 heavy (non-hydrogen) atoms. The fourth-order valence-corrected chi connectivity index (χ4v) is 2.46. The Kier molecular flexibility index (Phi) is 6.00. The molecule has 2 aromatic rings. The molecule has 6 nitrogen and oxygen atoms in total. The molecule has 1 aromatic heterocycles. The van der Waals surface area contributed by atoms with Gasteiger partial charge >= 0.3 is 0 Å². The Hall–Kier alpha value is -2.31. The van der Waals surface area contributed by atoms with Crippen LogP contribution in [0.25, 0.3) is 6.08 Å². The van der Waals surface area contributed by atoms with Crippen LogP contribution >= 0.6 is 23.2 Å². The van der Waals surface area contributed by atoms with Crippen LogP contribution in [0.5, 0.6) is 0 Å². The minimum absolute atomic E-state index is 0.0205. The van der Waals surface area contributed by atoms with Crippen LogP contribution in [0.15, 0.2) is 30.3 Å². The number of carbonyl (C=O) groups is 2. The Morgan fingerprint density at radius 3 is 2.58 bits per heavy atom. The van der Waals surface area contributed by atoms with E-state index < -0.39 is 5.91 Å². The van der Waals surface area contributed by atoms with Crippen molar-refractivity contribution in [3.05, 3.63) is 57.3 Å². The minimum Gasteiger partial charge on any atom is -0.271 e. The smallest absolute Gasteiger partial charge is 0.262 e. The highest BCUT2D eigenvalue weighted by Gasteiger charge is 2.07. The summed E-state index contributed by atoms with van der Waals surface area (Å²) in [6.45, 7) is 3.72. The standard InChI is InChI=1S/C16H16Cl2N4O2/c1-10-7-11(2)22(21-10)9-16(24)20-19-15(23)6-4-12-3-5-13(17)8-14(12)18/h3-8H,9H2,1-2H3,(H,19,23)(H,20,24)/b6-4+. The molecule has 2 rings (SSSR count). The van der Waals surface area contributed by atoms with E-state index in [-0.39, 0.29) is 12.5 Å². The third-order valence-electron chi connectivity index (χ3n) is 3.10. The average Bonchev–Trinajstić information content (AvgIpc) is 2.82. The van der Waals surface area contributed by atoms with Crippen molar-refractivity contribution in [3.8, 4) is 0 Å². The number of nitrogens with zero attached hydrogens (tertiary/aromatic N) is 2. The number of aromatic nitrogens is 2. The Morgan fingerprint density at radius 2 is 1.96 bits per heavy atom. The number of hydrazine groups is 1. The molecular weight excluding hydrogens is 351 g/mol. The van der Waals surface area contributed by atoms with Crippen molar-refractivity contribution in [2.24, 2.45) is 0 Å². The SMILES string of the molecule is Cc1cc(C)n(CC(=O)NNC(=O)/C=C/c2ccc(Cl)cc2Cl)n1. The summed E-state index contributed by atoms with van der Waals surface area (Å²) in [5, 5.41) is 5.12. The lowest BCUT2D eigenvalue weighted by Gasteiger charge is -2.06. The molecule has 0 bridgehead atoms. The van der Waals surface area contributed by atoms with Crippen molar-refractivity contribution in [3.63, 3.8) is 0 Å². The minimum atomic E-state index is -0.484. The zero-order valence-electron chi connectivity index (χ0n) is 13.1. The number of hydrogen-bond acceptors (Lipinski definition) is 3. The molecule has 0 saturated heterocycles. The van der Waals surface area contributed by atoms with E-state index in [9.17, 15) is 9.59 Å². The monoisotopic (exact) mass is 366 g/mol. The topological polar surface area (TPSA) is 76.0 Å². The summed E-state index contributed by atoms with van der Waals surface area (Å²) in [6, 6.07) is 6.80. The molecule has 126 valence electrons. The molecule has 1 heterocycles. The summed E-state index contributed by atoms with van der Waals surface area (Å²) in [4.78, 5) is 23.5. The second kappa shape index (κ2) is 7.99. The molecule has 0 fully saturated rings. The Balaban J connectivity index is 1.85. The van der Waals surface area contributed by atoms with Gasteiger partial charge in [-0.05, 0) is 43.7 Å². The van der Waals surface area contributed by atoms with Crippen molar-refractivity contribution in [2.45, 2.75) is 20.4 Å². The molecule has 2 amide bonds. The Labute approximate surface area is 149 Å². The van der Waals surface area contributed by atoms with Crippen LogP contribution in [0.4, 0.5) is 0 Å². The van der Waals surface area contributed by atoms with E-state index in [1.165, 1.54) is 12.2 Å². The number of amides is 2. The van der Waals surface area contributed by atoms with E-state index in [1.54, 1.807) is 22.9 Å². The maximum absolute atomic E-state index is 11.8. The van der Waals surface area contributed by atoms with Crippen LogP contribution in [-0.2, 0) is 16.1 Å². The zero-order chi connectivity index (χ0) is 17.7. The largest absolute Gasteiger partial charge is 0.271 e. The summed E-state index contributed by atoms with van der Waals surface area (Å²) < 4.78 is 1.56. The van der Waals surface area contributed by atoms with Crippen LogP contribution in [-0.4, -0.2) is 21.6 Å². The van der Waals surface area contributed by atoms with Gasteiger partial charge in [0.2, 0.25) is 0 Å². The van der Waals surface area contributed by atoms with Gasteiger partial charge in [-0.1, -0.05) is 29.3 Å². The second-order valence-corrected chi connectivity index (χ2v) is 5.96. The number of benzene rings is 1. The summed E-state index contributed by atoms with van der Waals surface area (Å²) in [6.07, 6.45) is 2.79. The molecule has 0 aliphatic carbocycles. The number of rotatable bonds is 4. The van der Waals surface area contributed by atoms with Gasteiger partial charge in [0, 0.05) is 21.8 Å². The number of halogens is 2. The lowest BCUT2D eigenvalue weighted by atomic mass is 10.2. The molecular formula is C16H16Cl2N4O2. The van der Waals surface area contributed by atoms with E-state index in [4.69, 9.17) is 23.2 Å². The van der Waals surface area contributed by atoms with Gasteiger partial charge < -0.3 is 0 Å². The van der Waals surface area contributed by atoms with Gasteiger partial charge in [-0.2, -0.15) is 5.10 Å². The quantitative estimate of drug-likeness (QED) is 0.645. The predicted octanol–water partition coefficient (Wildman–Crippen LogP) is 2.67. The first-order chi connectivity index (χ1) is 11.3. The van der Waals surface area contributed by atoms with Crippen LogP contribution in [0.3, 0.4) is 0 Å². The predicted molar refractivity (Wildman–Crippen MR) is 93.5 cm³/mol. The molecule has 2 N–H and O–H groups in total. The van der Waals surface area contributed by atoms with Crippen molar-refractivity contribution >= 4 is 41.1 Å². The maximum atomic E-state index is 11.8. The van der Waals surface area contributed by atoms with E-state index >= 15 is 0 Å². The van der Waals surface area contributed by atoms with E-state index in [1.807, 2.05) is 19.9 Å². The van der Waals surface area contributed by atoms with Gasteiger partial charge in [-0.25, -0.2) is 0 Å². The summed E-state index contributed by atoms with van der Waals surface area (Å²) in [5.41, 5.74) is 6.95. The summed E-state index contributed by atoms with van der Waals surface area (Å²) in [7, 11) is 0. The van der Waals surface area contributed by atoms with Gasteiger partial charge in [-0.3, -0.25) is 25.1 Å². The zero-order valence-corrected chi connectivity index (χ0v) is 14.6. The molecule has 0 unspecified atom stereocenters. The van der Waals surface area contributed by atoms with Gasteiger partial charge in [0.15, 0.2) is 0 Å². The second-order valence-electron chi connectivity index (χ2n) is 5.12. The fourth-order valence-electron chi connectivity index (χ4n) is 1.99. The van der Waals surface area contributed by atoms with Crippen molar-refractivity contribution < 1.29 is 9.59 Å². The normalized spacial score (nSPS) is 10.8. The van der Waals surface area contributed by atoms with Crippen molar-refractivity contribution in [1.29, 1.82) is 0 Å². The van der Waals surface area contributed by atoms with Crippen LogP contribution < -0.4 is 10.9 Å². The van der Waals surface area contributed by atoms with Gasteiger partial charge in [0.1, 0.15) is 6.54 Å². The van der Waals surface area contributed by atoms with E-state index in [0.717, 1.165) is 11.4 Å². The molecule has 0 aliphatic heterocycles. The van der Waals surface area contributed by atoms with E-state index in [0.29, 0.717) is 15.6 Å². The van der Waals surface area contributed by atoms with E-state index in [2.05, 4.69) is 16.0 Å². The highest BCUT2D eigenvalue weighted by Crippen LogP contribution is 2.21. The third kappa shape index (κ3) is 5.11. The van der Waals surface area contributed by atoms with Gasteiger partial charge in [0.05, 0.1) is 5.69 Å². The first-order valence-corrected chi connectivity index (χ1v) is 7.84. The summed E-state index contributed by atoms with van der Waals surface area (Å²) in [5.74, 6) is -0.866. The highest BCUT2D eigenvalue weighted by molar-refractivity contribution is 6.35. The van der Waals surface area contributed by atoms with Crippen molar-refractivity contribution in [2.75, 3.05) is 0 Å². The van der Waals surface area contributed by atoms with Crippen LogP contribution in [0.2, 0.25) is 10.0 Å². The maximum Gasteiger partial charge on any atom is 0.262 e. The molecule has 1 aromatic carbocycles. The molecule has 0 saturated carbocycles. The molecule has 0 spiro atoms. The lowest BCUT2D eigenvalue weighted by molar-refractivity contribution is -0.127. The van der Waals surface area contributed by atoms with Gasteiger partial charge in [-0.15, -0.1) is 0 Å². The number of aryl methyl sites for hydroxylation is 2. The first-order valence-electron chi connectivity index (χ1n) is 7.08. The first kappa shape index (κ1) is 18.0. The number of hydrogen-bond donors (Lipinski definition) is 2. The number of nitrogens with one attached hydrogen (secondary N) is 2. The molecule has 0 aliphatic rings. The van der Waals surface area contributed by atoms with Crippen LogP contribution in [0, 0.1) is 13.8 Å². The third-order valence-corrected chi connectivity index (χ3v) is 3.66. The Bertz CT molecular complexity index is 799. The lowest BCUT2D eigenvalue weighted by Crippen LogP contribution is -2.42.